The fourth-order valence-corrected chi connectivity index (χ4v) is 4.40. The van der Waals surface area contributed by atoms with Crippen molar-refractivity contribution in [3.63, 3.8) is 0 Å². The normalized spacial score (nSPS) is 31.8. The zero-order chi connectivity index (χ0) is 16.4. The Morgan fingerprint density at radius 3 is 2.62 bits per heavy atom. The van der Waals surface area contributed by atoms with E-state index in [2.05, 4.69) is 34.1 Å². The summed E-state index contributed by atoms with van der Waals surface area (Å²) in [6, 6.07) is 9.53. The van der Waals surface area contributed by atoms with Crippen molar-refractivity contribution in [2.45, 2.75) is 37.6 Å². The summed E-state index contributed by atoms with van der Waals surface area (Å²) in [5.74, 6) is 0.922. The van der Waals surface area contributed by atoms with E-state index in [9.17, 15) is 0 Å². The van der Waals surface area contributed by atoms with Gasteiger partial charge in [-0.1, -0.05) is 12.1 Å². The standard InChI is InChI=1S/C19H28N2O3/c1-22-16-6-4-15(5-7-16)13-21-14-18(20-8-11-23-12-9-20)19-17(21)3-2-10-24-19/h4-7,17-19H,2-3,8-14H2,1H3/t17-,18-,19+/m0/s1. The van der Waals surface area contributed by atoms with Gasteiger partial charge < -0.3 is 14.2 Å². The summed E-state index contributed by atoms with van der Waals surface area (Å²) >= 11 is 0. The van der Waals surface area contributed by atoms with Crippen LogP contribution in [0.4, 0.5) is 0 Å². The van der Waals surface area contributed by atoms with E-state index in [0.29, 0.717) is 18.2 Å². The molecule has 0 aromatic heterocycles. The van der Waals surface area contributed by atoms with E-state index in [0.717, 1.165) is 51.7 Å². The van der Waals surface area contributed by atoms with Crippen molar-refractivity contribution in [2.75, 3.05) is 46.6 Å². The lowest BCUT2D eigenvalue weighted by Crippen LogP contribution is -2.51. The molecule has 5 nitrogen and oxygen atoms in total. The highest BCUT2D eigenvalue weighted by Gasteiger charge is 2.46. The van der Waals surface area contributed by atoms with Gasteiger partial charge in [0.2, 0.25) is 0 Å². The van der Waals surface area contributed by atoms with Gasteiger partial charge in [-0.15, -0.1) is 0 Å². The van der Waals surface area contributed by atoms with Crippen LogP contribution in [0, 0.1) is 0 Å². The molecule has 0 unspecified atom stereocenters. The molecule has 3 aliphatic heterocycles. The van der Waals surface area contributed by atoms with Gasteiger partial charge in [0.1, 0.15) is 5.75 Å². The average Bonchev–Trinajstić information content (AvgIpc) is 3.02. The molecule has 1 aromatic rings. The molecule has 0 N–H and O–H groups in total. The fraction of sp³-hybridized carbons (Fsp3) is 0.684. The first-order valence-corrected chi connectivity index (χ1v) is 9.15. The molecule has 0 amide bonds. The second kappa shape index (κ2) is 7.40. The smallest absolute Gasteiger partial charge is 0.118 e. The van der Waals surface area contributed by atoms with Gasteiger partial charge in [0.05, 0.1) is 32.5 Å². The molecule has 3 saturated heterocycles. The first kappa shape index (κ1) is 16.3. The van der Waals surface area contributed by atoms with E-state index < -0.39 is 0 Å². The van der Waals surface area contributed by atoms with Crippen LogP contribution >= 0.6 is 0 Å². The van der Waals surface area contributed by atoms with Crippen LogP contribution in [0.5, 0.6) is 5.75 Å². The summed E-state index contributed by atoms with van der Waals surface area (Å²) in [6.45, 7) is 6.79. The molecular formula is C19H28N2O3. The minimum absolute atomic E-state index is 0.357. The van der Waals surface area contributed by atoms with Gasteiger partial charge in [-0.25, -0.2) is 0 Å². The van der Waals surface area contributed by atoms with Crippen LogP contribution in [0.15, 0.2) is 24.3 Å². The highest BCUT2D eigenvalue weighted by Crippen LogP contribution is 2.33. The van der Waals surface area contributed by atoms with Crippen LogP contribution in [-0.2, 0) is 16.0 Å². The second-order valence-corrected chi connectivity index (χ2v) is 7.04. The molecule has 1 aromatic carbocycles. The summed E-state index contributed by atoms with van der Waals surface area (Å²) in [5, 5.41) is 0. The lowest BCUT2D eigenvalue weighted by molar-refractivity contribution is -0.0593. The summed E-state index contributed by atoms with van der Waals surface area (Å²) in [7, 11) is 1.71. The Kier molecular flexibility index (Phi) is 5.03. The first-order valence-electron chi connectivity index (χ1n) is 9.15. The first-order chi connectivity index (χ1) is 11.8. The van der Waals surface area contributed by atoms with E-state index in [1.165, 1.54) is 18.4 Å². The Labute approximate surface area is 144 Å². The molecule has 5 heteroatoms. The fourth-order valence-electron chi connectivity index (χ4n) is 4.40. The summed E-state index contributed by atoms with van der Waals surface area (Å²) in [6.07, 6.45) is 2.78. The van der Waals surface area contributed by atoms with Crippen LogP contribution < -0.4 is 4.74 Å². The number of morpholine rings is 1. The van der Waals surface area contributed by atoms with Crippen molar-refractivity contribution in [1.29, 1.82) is 0 Å². The third-order valence-corrected chi connectivity index (χ3v) is 5.66. The van der Waals surface area contributed by atoms with Gasteiger partial charge in [-0.05, 0) is 30.5 Å². The molecule has 3 atom stereocenters. The van der Waals surface area contributed by atoms with Crippen molar-refractivity contribution in [3.05, 3.63) is 29.8 Å². The second-order valence-electron chi connectivity index (χ2n) is 7.04. The maximum absolute atomic E-state index is 6.23. The zero-order valence-corrected chi connectivity index (χ0v) is 14.5. The van der Waals surface area contributed by atoms with Crippen LogP contribution in [0.1, 0.15) is 18.4 Å². The van der Waals surface area contributed by atoms with E-state index in [-0.39, 0.29) is 0 Å². The van der Waals surface area contributed by atoms with Crippen molar-refractivity contribution < 1.29 is 14.2 Å². The van der Waals surface area contributed by atoms with Crippen molar-refractivity contribution in [2.24, 2.45) is 0 Å². The van der Waals surface area contributed by atoms with Crippen LogP contribution in [0.2, 0.25) is 0 Å². The van der Waals surface area contributed by atoms with Gasteiger partial charge in [0.25, 0.3) is 0 Å². The number of ether oxygens (including phenoxy) is 3. The third-order valence-electron chi connectivity index (χ3n) is 5.66. The number of nitrogens with zero attached hydrogens (tertiary/aromatic N) is 2. The van der Waals surface area contributed by atoms with Crippen LogP contribution in [0.25, 0.3) is 0 Å². The Balaban J connectivity index is 1.47. The molecule has 3 heterocycles. The SMILES string of the molecule is COc1ccc(CN2C[C@H](N3CCOCC3)[C@@H]3OCCC[C@@H]32)cc1. The Hall–Kier alpha value is -1.14. The van der Waals surface area contributed by atoms with Gasteiger partial charge >= 0.3 is 0 Å². The van der Waals surface area contributed by atoms with Gasteiger partial charge in [-0.2, -0.15) is 0 Å². The van der Waals surface area contributed by atoms with Crippen molar-refractivity contribution in [1.82, 2.24) is 9.80 Å². The maximum atomic E-state index is 6.23. The molecule has 3 aliphatic rings. The number of benzene rings is 1. The van der Waals surface area contributed by atoms with Gasteiger partial charge in [0, 0.05) is 38.8 Å². The molecule has 132 valence electrons. The van der Waals surface area contributed by atoms with E-state index >= 15 is 0 Å². The number of hydrogen-bond acceptors (Lipinski definition) is 5. The van der Waals surface area contributed by atoms with Crippen molar-refractivity contribution in [3.8, 4) is 5.75 Å². The molecule has 0 bridgehead atoms. The third kappa shape index (κ3) is 3.31. The van der Waals surface area contributed by atoms with E-state index in [1.807, 2.05) is 0 Å². The van der Waals surface area contributed by atoms with Crippen LogP contribution in [-0.4, -0.2) is 74.6 Å². The predicted molar refractivity (Wildman–Crippen MR) is 92.3 cm³/mol. The quantitative estimate of drug-likeness (QED) is 0.839. The van der Waals surface area contributed by atoms with Gasteiger partial charge in [-0.3, -0.25) is 9.80 Å². The zero-order valence-electron chi connectivity index (χ0n) is 14.5. The minimum Gasteiger partial charge on any atom is -0.497 e. The van der Waals surface area contributed by atoms with E-state index in [1.54, 1.807) is 7.11 Å². The molecular weight excluding hydrogens is 304 g/mol. The Morgan fingerprint density at radius 2 is 1.88 bits per heavy atom. The number of methoxy groups -OCH3 is 1. The number of likely N-dealkylation sites (tertiary alicyclic amines) is 1. The van der Waals surface area contributed by atoms with Gasteiger partial charge in [0.15, 0.2) is 0 Å². The minimum atomic E-state index is 0.357. The predicted octanol–water partition coefficient (Wildman–Crippen LogP) is 1.76. The van der Waals surface area contributed by atoms with Crippen LogP contribution in [0.3, 0.4) is 0 Å². The lowest BCUT2D eigenvalue weighted by Gasteiger charge is -2.37. The molecule has 0 spiro atoms. The lowest BCUT2D eigenvalue weighted by atomic mass is 9.99. The average molecular weight is 332 g/mol. The van der Waals surface area contributed by atoms with Crippen molar-refractivity contribution >= 4 is 0 Å². The molecule has 0 aliphatic carbocycles. The van der Waals surface area contributed by atoms with E-state index in [4.69, 9.17) is 14.2 Å². The molecule has 0 radical (unpaired) electrons. The Bertz CT molecular complexity index is 530. The summed E-state index contributed by atoms with van der Waals surface area (Å²) in [4.78, 5) is 5.21. The highest BCUT2D eigenvalue weighted by molar-refractivity contribution is 5.27. The topological polar surface area (TPSA) is 34.2 Å². The maximum Gasteiger partial charge on any atom is 0.118 e. The highest BCUT2D eigenvalue weighted by atomic mass is 16.5. The molecule has 4 rings (SSSR count). The summed E-state index contributed by atoms with van der Waals surface area (Å²) in [5.41, 5.74) is 1.35. The molecule has 3 fully saturated rings. The largest absolute Gasteiger partial charge is 0.497 e. The number of hydrogen-bond donors (Lipinski definition) is 0. The number of fused-ring (bicyclic) bond motifs is 1. The number of rotatable bonds is 4. The molecule has 0 saturated carbocycles. The Morgan fingerprint density at radius 1 is 1.08 bits per heavy atom. The monoisotopic (exact) mass is 332 g/mol. The summed E-state index contributed by atoms with van der Waals surface area (Å²) < 4.78 is 17.0. The molecule has 24 heavy (non-hydrogen) atoms.